The lowest BCUT2D eigenvalue weighted by molar-refractivity contribution is 0.0949. The van der Waals surface area contributed by atoms with E-state index in [9.17, 15) is 27.9 Å². The number of hydrogen-bond donors (Lipinski definition) is 3. The van der Waals surface area contributed by atoms with Crippen molar-refractivity contribution in [3.05, 3.63) is 124 Å². The van der Waals surface area contributed by atoms with Crippen LogP contribution in [0.2, 0.25) is 0 Å². The maximum absolute atomic E-state index is 13.9. The van der Waals surface area contributed by atoms with Gasteiger partial charge in [-0.3, -0.25) is 9.59 Å². The first-order chi connectivity index (χ1) is 17.0. The molecule has 8 heteroatoms. The predicted octanol–water partition coefficient (Wildman–Crippen LogP) is 5.45. The van der Waals surface area contributed by atoms with Crippen LogP contribution in [0.4, 0.5) is 18.9 Å². The minimum Gasteiger partial charge on any atom is -0.393 e. The zero-order valence-electron chi connectivity index (χ0n) is 19.6. The van der Waals surface area contributed by atoms with E-state index in [1.807, 2.05) is 0 Å². The lowest BCUT2D eigenvalue weighted by Gasteiger charge is -2.18. The van der Waals surface area contributed by atoms with Crippen LogP contribution in [-0.2, 0) is 0 Å². The molecule has 0 saturated heterocycles. The SMILES string of the molecule is C=C(C)/C(Nc1ccc(F)cc1C)=C(/C(=O)c1ccc(C(O)CO)cc1)C(=O)c1cc(F)cc(F)c1. The van der Waals surface area contributed by atoms with E-state index in [4.69, 9.17) is 5.11 Å². The fourth-order valence-corrected chi connectivity index (χ4v) is 3.55. The molecule has 0 amide bonds. The normalized spacial score (nSPS) is 12.5. The van der Waals surface area contributed by atoms with Crippen LogP contribution in [0.15, 0.2) is 84.1 Å². The Labute approximate surface area is 206 Å². The average Bonchev–Trinajstić information content (AvgIpc) is 2.83. The van der Waals surface area contributed by atoms with Crippen molar-refractivity contribution in [1.29, 1.82) is 0 Å². The number of carbonyl (C=O) groups is 2. The lowest BCUT2D eigenvalue weighted by Crippen LogP contribution is -2.21. The van der Waals surface area contributed by atoms with Crippen LogP contribution in [0.5, 0.6) is 0 Å². The van der Waals surface area contributed by atoms with Gasteiger partial charge < -0.3 is 15.5 Å². The molecular weight excluding hydrogens is 471 g/mol. The van der Waals surface area contributed by atoms with Gasteiger partial charge in [-0.1, -0.05) is 30.8 Å². The van der Waals surface area contributed by atoms with Crippen LogP contribution in [-0.4, -0.2) is 28.4 Å². The molecule has 0 aromatic heterocycles. The number of anilines is 1. The molecule has 1 atom stereocenters. The Morgan fingerprint density at radius 1 is 0.889 bits per heavy atom. The Morgan fingerprint density at radius 3 is 2.00 bits per heavy atom. The molecular formula is C28H24F3NO4. The molecule has 3 aromatic carbocycles. The van der Waals surface area contributed by atoms with Crippen LogP contribution in [0, 0.1) is 24.4 Å². The van der Waals surface area contributed by atoms with Gasteiger partial charge in [-0.25, -0.2) is 13.2 Å². The van der Waals surface area contributed by atoms with E-state index < -0.39 is 47.3 Å². The average molecular weight is 495 g/mol. The highest BCUT2D eigenvalue weighted by Crippen LogP contribution is 2.27. The molecule has 0 radical (unpaired) electrons. The molecule has 3 aromatic rings. The van der Waals surface area contributed by atoms with Crippen LogP contribution < -0.4 is 5.32 Å². The van der Waals surface area contributed by atoms with Crippen molar-refractivity contribution in [2.24, 2.45) is 0 Å². The number of aliphatic hydroxyl groups is 2. The Kier molecular flexibility index (Phi) is 8.24. The number of aryl methyl sites for hydroxylation is 1. The second-order valence-electron chi connectivity index (χ2n) is 8.25. The largest absolute Gasteiger partial charge is 0.393 e. The van der Waals surface area contributed by atoms with Crippen LogP contribution in [0.3, 0.4) is 0 Å². The van der Waals surface area contributed by atoms with Gasteiger partial charge in [0.25, 0.3) is 0 Å². The number of halogens is 3. The van der Waals surface area contributed by atoms with Gasteiger partial charge in [0.1, 0.15) is 23.6 Å². The summed E-state index contributed by atoms with van der Waals surface area (Å²) in [6.07, 6.45) is -1.16. The molecule has 186 valence electrons. The summed E-state index contributed by atoms with van der Waals surface area (Å²) in [5.41, 5.74) is 0.681. The van der Waals surface area contributed by atoms with Gasteiger partial charge >= 0.3 is 0 Å². The molecule has 0 fully saturated rings. The second-order valence-corrected chi connectivity index (χ2v) is 8.25. The predicted molar refractivity (Wildman–Crippen MR) is 130 cm³/mol. The maximum Gasteiger partial charge on any atom is 0.199 e. The highest BCUT2D eigenvalue weighted by molar-refractivity contribution is 6.31. The first-order valence-electron chi connectivity index (χ1n) is 10.9. The summed E-state index contributed by atoms with van der Waals surface area (Å²) in [5, 5.41) is 21.9. The number of hydrogen-bond acceptors (Lipinski definition) is 5. The molecule has 0 saturated carbocycles. The van der Waals surface area contributed by atoms with Gasteiger partial charge in [0, 0.05) is 22.9 Å². The zero-order valence-corrected chi connectivity index (χ0v) is 19.6. The summed E-state index contributed by atoms with van der Waals surface area (Å²) < 4.78 is 41.5. The summed E-state index contributed by atoms with van der Waals surface area (Å²) in [5.74, 6) is -4.20. The van der Waals surface area contributed by atoms with Crippen LogP contribution in [0.1, 0.15) is 44.9 Å². The van der Waals surface area contributed by atoms with Gasteiger partial charge in [-0.2, -0.15) is 0 Å². The molecule has 0 aliphatic rings. The second kappa shape index (κ2) is 11.2. The maximum atomic E-state index is 13.9. The topological polar surface area (TPSA) is 86.6 Å². The molecule has 0 heterocycles. The Balaban J connectivity index is 2.21. The number of rotatable bonds is 9. The molecule has 5 nitrogen and oxygen atoms in total. The molecule has 0 spiro atoms. The van der Waals surface area contributed by atoms with E-state index in [0.29, 0.717) is 22.9 Å². The number of allylic oxidation sites excluding steroid dienone is 2. The summed E-state index contributed by atoms with van der Waals surface area (Å²) in [6, 6.07) is 11.7. The molecule has 3 rings (SSSR count). The molecule has 1 unspecified atom stereocenters. The quantitative estimate of drug-likeness (QED) is 0.121. The smallest absolute Gasteiger partial charge is 0.199 e. The third kappa shape index (κ3) is 5.97. The first-order valence-corrected chi connectivity index (χ1v) is 10.9. The lowest BCUT2D eigenvalue weighted by atomic mass is 9.91. The van der Waals surface area contributed by atoms with Gasteiger partial charge in [-0.15, -0.1) is 0 Å². The van der Waals surface area contributed by atoms with Crippen molar-refractivity contribution in [1.82, 2.24) is 0 Å². The Morgan fingerprint density at radius 2 is 1.47 bits per heavy atom. The number of Topliss-reactive ketones (excluding diaryl/α,β-unsaturated/α-hetero) is 2. The Hall–Kier alpha value is -4.01. The van der Waals surface area contributed by atoms with Crippen LogP contribution >= 0.6 is 0 Å². The number of nitrogens with one attached hydrogen (secondary N) is 1. The number of benzene rings is 3. The summed E-state index contributed by atoms with van der Waals surface area (Å²) in [6.45, 7) is 6.48. The highest BCUT2D eigenvalue weighted by atomic mass is 19.1. The van der Waals surface area contributed by atoms with E-state index in [1.54, 1.807) is 6.92 Å². The van der Waals surface area contributed by atoms with E-state index in [2.05, 4.69) is 11.9 Å². The molecule has 0 aliphatic heterocycles. The third-order valence-corrected chi connectivity index (χ3v) is 5.43. The van der Waals surface area contributed by atoms with E-state index >= 15 is 0 Å². The van der Waals surface area contributed by atoms with Gasteiger partial charge in [0.2, 0.25) is 0 Å². The van der Waals surface area contributed by atoms with Crippen molar-refractivity contribution in [2.45, 2.75) is 20.0 Å². The minimum absolute atomic E-state index is 0.0103. The monoisotopic (exact) mass is 495 g/mol. The van der Waals surface area contributed by atoms with Crippen LogP contribution in [0.25, 0.3) is 0 Å². The van der Waals surface area contributed by atoms with Crippen molar-refractivity contribution in [3.8, 4) is 0 Å². The van der Waals surface area contributed by atoms with E-state index in [-0.39, 0.29) is 22.4 Å². The third-order valence-electron chi connectivity index (χ3n) is 5.43. The molecule has 0 aliphatic carbocycles. The van der Waals surface area contributed by atoms with Crippen molar-refractivity contribution >= 4 is 17.3 Å². The van der Waals surface area contributed by atoms with Crippen molar-refractivity contribution in [2.75, 3.05) is 11.9 Å². The number of aliphatic hydroxyl groups excluding tert-OH is 2. The van der Waals surface area contributed by atoms with Crippen molar-refractivity contribution < 1.29 is 33.0 Å². The molecule has 0 bridgehead atoms. The van der Waals surface area contributed by atoms with Gasteiger partial charge in [-0.05, 0) is 60.9 Å². The van der Waals surface area contributed by atoms with Gasteiger partial charge in [0.05, 0.1) is 17.9 Å². The highest BCUT2D eigenvalue weighted by Gasteiger charge is 2.27. The zero-order chi connectivity index (χ0) is 26.6. The Bertz CT molecular complexity index is 1340. The van der Waals surface area contributed by atoms with E-state index in [0.717, 1.165) is 12.1 Å². The fraction of sp³-hybridized carbons (Fsp3) is 0.143. The summed E-state index contributed by atoms with van der Waals surface area (Å²) in [4.78, 5) is 27.2. The number of ketones is 2. The van der Waals surface area contributed by atoms with E-state index in [1.165, 1.54) is 49.4 Å². The fourth-order valence-electron chi connectivity index (χ4n) is 3.55. The summed E-state index contributed by atoms with van der Waals surface area (Å²) in [7, 11) is 0. The minimum atomic E-state index is -1.16. The summed E-state index contributed by atoms with van der Waals surface area (Å²) >= 11 is 0. The standard InChI is InChI=1S/C28H24F3NO4/c1-15(2)26(32-23-9-8-20(29)10-16(23)3)25(28(36)19-11-21(30)13-22(31)12-19)27(35)18-6-4-17(5-7-18)24(34)14-33/h4-13,24,32-34H,1,14H2,2-3H3/b26-25+. The van der Waals surface area contributed by atoms with Crippen molar-refractivity contribution in [3.63, 3.8) is 0 Å². The van der Waals surface area contributed by atoms with Gasteiger partial charge in [0.15, 0.2) is 11.6 Å². The molecule has 36 heavy (non-hydrogen) atoms. The first kappa shape index (κ1) is 26.6. The number of carbonyl (C=O) groups excluding carboxylic acids is 2. The molecule has 3 N–H and O–H groups in total.